The molecule has 0 saturated carbocycles. The van der Waals surface area contributed by atoms with E-state index in [1.54, 1.807) is 23.9 Å². The number of anilines is 2. The molecular weight excluding hydrogens is 422 g/mol. The highest BCUT2D eigenvalue weighted by Gasteiger charge is 2.34. The number of aromatic nitrogens is 3. The van der Waals surface area contributed by atoms with E-state index in [2.05, 4.69) is 20.7 Å². The van der Waals surface area contributed by atoms with Gasteiger partial charge < -0.3 is 24.8 Å². The fourth-order valence-electron chi connectivity index (χ4n) is 3.87. The van der Waals surface area contributed by atoms with Crippen molar-refractivity contribution in [3.63, 3.8) is 0 Å². The first kappa shape index (κ1) is 22.2. The van der Waals surface area contributed by atoms with Gasteiger partial charge in [-0.15, -0.1) is 0 Å². The van der Waals surface area contributed by atoms with E-state index in [1.807, 2.05) is 51.1 Å². The van der Waals surface area contributed by atoms with Crippen molar-refractivity contribution >= 4 is 17.5 Å². The van der Waals surface area contributed by atoms with E-state index in [9.17, 15) is 4.79 Å². The minimum absolute atomic E-state index is 0.275. The lowest BCUT2D eigenvalue weighted by Gasteiger charge is -2.29. The third kappa shape index (κ3) is 4.34. The molecule has 1 aromatic heterocycles. The molecule has 33 heavy (non-hydrogen) atoms. The van der Waals surface area contributed by atoms with Gasteiger partial charge in [-0.1, -0.05) is 18.2 Å². The Labute approximate surface area is 192 Å². The first-order valence-corrected chi connectivity index (χ1v) is 10.8. The summed E-state index contributed by atoms with van der Waals surface area (Å²) in [4.78, 5) is 17.9. The van der Waals surface area contributed by atoms with Crippen molar-refractivity contribution < 1.29 is 19.0 Å². The molecule has 3 aromatic rings. The van der Waals surface area contributed by atoms with E-state index in [-0.39, 0.29) is 5.91 Å². The Hall–Kier alpha value is -4.01. The largest absolute Gasteiger partial charge is 0.495 e. The van der Waals surface area contributed by atoms with Crippen LogP contribution in [0.15, 0.2) is 60.1 Å². The predicted octanol–water partition coefficient (Wildman–Crippen LogP) is 4.01. The van der Waals surface area contributed by atoms with Gasteiger partial charge in [-0.2, -0.15) is 10.1 Å². The summed E-state index contributed by atoms with van der Waals surface area (Å²) in [7, 11) is 1.57. The van der Waals surface area contributed by atoms with Gasteiger partial charge in [-0.25, -0.2) is 4.68 Å². The molecule has 0 aliphatic carbocycles. The number of allylic oxidation sites excluding steroid dienone is 1. The van der Waals surface area contributed by atoms with E-state index < -0.39 is 6.04 Å². The van der Waals surface area contributed by atoms with Crippen molar-refractivity contribution in [2.75, 3.05) is 31.0 Å². The molecule has 2 aromatic carbocycles. The fourth-order valence-corrected chi connectivity index (χ4v) is 3.87. The van der Waals surface area contributed by atoms with Crippen LogP contribution in [-0.4, -0.2) is 41.0 Å². The van der Waals surface area contributed by atoms with Gasteiger partial charge in [0.15, 0.2) is 11.5 Å². The molecule has 0 fully saturated rings. The number of carbonyl (C=O) groups excluding carboxylic acids is 1. The van der Waals surface area contributed by atoms with Gasteiger partial charge in [0.25, 0.3) is 5.91 Å². The van der Waals surface area contributed by atoms with Crippen LogP contribution in [0.4, 0.5) is 11.6 Å². The fraction of sp³-hybridized carbons (Fsp3) is 0.292. The maximum atomic E-state index is 13.6. The summed E-state index contributed by atoms with van der Waals surface area (Å²) < 4.78 is 18.6. The standard InChI is InChI=1S/C24H27N5O4/c1-5-32-19-12-11-16(13-20(19)33-6-2)22-21(15(3)27-24-25-14-26-29(22)24)23(30)28-17-9-7-8-10-18(17)31-4/h7-14,22H,5-6H2,1-4H3,(H,28,30)(H,25,26,27)/t22-/m1/s1. The number of hydrogen-bond acceptors (Lipinski definition) is 7. The third-order valence-corrected chi connectivity index (χ3v) is 5.28. The predicted molar refractivity (Wildman–Crippen MR) is 125 cm³/mol. The number of ether oxygens (including phenoxy) is 3. The molecule has 172 valence electrons. The molecule has 0 unspecified atom stereocenters. The Morgan fingerprint density at radius 3 is 2.61 bits per heavy atom. The van der Waals surface area contributed by atoms with Gasteiger partial charge in [0.05, 0.1) is 31.6 Å². The maximum Gasteiger partial charge on any atom is 0.255 e. The van der Waals surface area contributed by atoms with Crippen molar-refractivity contribution in [2.24, 2.45) is 0 Å². The number of fused-ring (bicyclic) bond motifs is 1. The lowest BCUT2D eigenvalue weighted by atomic mass is 9.94. The highest BCUT2D eigenvalue weighted by Crippen LogP contribution is 2.39. The molecule has 2 heterocycles. The molecule has 2 N–H and O–H groups in total. The average molecular weight is 450 g/mol. The van der Waals surface area contributed by atoms with Crippen LogP contribution in [0.1, 0.15) is 32.4 Å². The van der Waals surface area contributed by atoms with Crippen LogP contribution in [0.3, 0.4) is 0 Å². The summed E-state index contributed by atoms with van der Waals surface area (Å²) in [5.41, 5.74) is 2.58. The van der Waals surface area contributed by atoms with Crippen molar-refractivity contribution in [3.05, 3.63) is 65.6 Å². The lowest BCUT2D eigenvalue weighted by molar-refractivity contribution is -0.113. The Balaban J connectivity index is 1.78. The molecule has 1 aliphatic rings. The molecule has 0 bridgehead atoms. The molecule has 0 spiro atoms. The molecule has 0 radical (unpaired) electrons. The van der Waals surface area contributed by atoms with Crippen LogP contribution >= 0.6 is 0 Å². The van der Waals surface area contributed by atoms with Crippen LogP contribution in [0.25, 0.3) is 0 Å². The minimum atomic E-state index is -0.520. The quantitative estimate of drug-likeness (QED) is 0.536. The van der Waals surface area contributed by atoms with Crippen molar-refractivity contribution in [2.45, 2.75) is 26.8 Å². The van der Waals surface area contributed by atoms with Gasteiger partial charge in [-0.05, 0) is 50.6 Å². The van der Waals surface area contributed by atoms with Crippen LogP contribution in [-0.2, 0) is 4.79 Å². The number of methoxy groups -OCH3 is 1. The van der Waals surface area contributed by atoms with Crippen LogP contribution in [0.2, 0.25) is 0 Å². The maximum absolute atomic E-state index is 13.6. The number of nitrogens with one attached hydrogen (secondary N) is 2. The Kier molecular flexibility index (Phi) is 6.48. The Morgan fingerprint density at radius 2 is 1.85 bits per heavy atom. The van der Waals surface area contributed by atoms with Crippen molar-refractivity contribution in [3.8, 4) is 17.2 Å². The second-order valence-corrected chi connectivity index (χ2v) is 7.32. The molecule has 9 heteroatoms. The Bertz CT molecular complexity index is 1190. The highest BCUT2D eigenvalue weighted by atomic mass is 16.5. The summed E-state index contributed by atoms with van der Waals surface area (Å²) in [6, 6.07) is 12.4. The minimum Gasteiger partial charge on any atom is -0.495 e. The number of carbonyl (C=O) groups is 1. The zero-order valence-corrected chi connectivity index (χ0v) is 19.1. The van der Waals surface area contributed by atoms with Gasteiger partial charge in [-0.3, -0.25) is 4.79 Å². The van der Waals surface area contributed by atoms with Gasteiger partial charge in [0.2, 0.25) is 5.95 Å². The SMILES string of the molecule is CCOc1ccc([C@@H]2C(C(=O)Nc3ccccc3OC)=C(C)Nc3ncnn32)cc1OCC. The van der Waals surface area contributed by atoms with Crippen molar-refractivity contribution in [1.29, 1.82) is 0 Å². The van der Waals surface area contributed by atoms with E-state index in [0.717, 1.165) is 5.56 Å². The zero-order valence-electron chi connectivity index (χ0n) is 19.1. The number of nitrogens with zero attached hydrogens (tertiary/aromatic N) is 3. The number of rotatable bonds is 8. The summed E-state index contributed by atoms with van der Waals surface area (Å²) in [6.45, 7) is 6.69. The average Bonchev–Trinajstić information content (AvgIpc) is 3.28. The number of para-hydroxylation sites is 2. The number of amides is 1. The Morgan fingerprint density at radius 1 is 1.09 bits per heavy atom. The normalized spacial score (nSPS) is 14.8. The third-order valence-electron chi connectivity index (χ3n) is 5.28. The van der Waals surface area contributed by atoms with Crippen LogP contribution < -0.4 is 24.8 Å². The van der Waals surface area contributed by atoms with E-state index in [0.29, 0.717) is 53.4 Å². The lowest BCUT2D eigenvalue weighted by Crippen LogP contribution is -2.31. The smallest absolute Gasteiger partial charge is 0.255 e. The first-order valence-electron chi connectivity index (χ1n) is 10.8. The van der Waals surface area contributed by atoms with E-state index >= 15 is 0 Å². The molecular formula is C24H27N5O4. The molecule has 0 saturated heterocycles. The summed E-state index contributed by atoms with van der Waals surface area (Å²) in [6.07, 6.45) is 1.46. The molecule has 4 rings (SSSR count). The van der Waals surface area contributed by atoms with Gasteiger partial charge in [0, 0.05) is 5.70 Å². The summed E-state index contributed by atoms with van der Waals surface area (Å²) >= 11 is 0. The second-order valence-electron chi connectivity index (χ2n) is 7.32. The molecule has 1 amide bonds. The molecule has 1 atom stereocenters. The van der Waals surface area contributed by atoms with E-state index in [1.165, 1.54) is 6.33 Å². The monoisotopic (exact) mass is 449 g/mol. The summed E-state index contributed by atoms with van der Waals surface area (Å²) in [5.74, 6) is 2.11. The van der Waals surface area contributed by atoms with Crippen molar-refractivity contribution in [1.82, 2.24) is 14.8 Å². The molecule has 9 nitrogen and oxygen atoms in total. The van der Waals surface area contributed by atoms with Crippen LogP contribution in [0.5, 0.6) is 17.2 Å². The van der Waals surface area contributed by atoms with E-state index in [4.69, 9.17) is 14.2 Å². The van der Waals surface area contributed by atoms with Gasteiger partial charge in [0.1, 0.15) is 18.1 Å². The molecule has 1 aliphatic heterocycles. The van der Waals surface area contributed by atoms with Crippen LogP contribution in [0, 0.1) is 0 Å². The number of hydrogen-bond donors (Lipinski definition) is 2. The van der Waals surface area contributed by atoms with Gasteiger partial charge >= 0.3 is 0 Å². The first-order chi connectivity index (χ1) is 16.1. The highest BCUT2D eigenvalue weighted by molar-refractivity contribution is 6.06. The second kappa shape index (κ2) is 9.64. The number of benzene rings is 2. The summed E-state index contributed by atoms with van der Waals surface area (Å²) in [5, 5.41) is 10.5. The topological polar surface area (TPSA) is 99.5 Å². The zero-order chi connectivity index (χ0) is 23.4.